The lowest BCUT2D eigenvalue weighted by Gasteiger charge is -2.08. The Labute approximate surface area is 90.3 Å². The monoisotopic (exact) mass is 204 g/mol. The fraction of sp³-hybridized carbons (Fsp3) is 0.308. The number of carboxylic acid groups (broad SMARTS) is 1. The predicted molar refractivity (Wildman–Crippen MR) is 61.1 cm³/mol. The molecule has 0 aliphatic carbocycles. The molecule has 0 unspecified atom stereocenters. The molecule has 1 aromatic carbocycles. The summed E-state index contributed by atoms with van der Waals surface area (Å²) < 4.78 is 0. The number of aryl methyl sites for hydroxylation is 3. The van der Waals surface area contributed by atoms with Crippen LogP contribution in [0.5, 0.6) is 0 Å². The van der Waals surface area contributed by atoms with Crippen molar-refractivity contribution < 1.29 is 9.90 Å². The lowest BCUT2D eigenvalue weighted by Crippen LogP contribution is -1.94. The number of benzene rings is 1. The Hall–Kier alpha value is -1.57. The highest BCUT2D eigenvalue weighted by Gasteiger charge is 2.01. The van der Waals surface area contributed by atoms with Crippen LogP contribution in [0.4, 0.5) is 0 Å². The van der Waals surface area contributed by atoms with E-state index in [1.54, 1.807) is 6.08 Å². The van der Waals surface area contributed by atoms with Gasteiger partial charge >= 0.3 is 5.97 Å². The van der Waals surface area contributed by atoms with E-state index in [4.69, 9.17) is 5.11 Å². The molecule has 2 heteroatoms. The first-order valence-electron chi connectivity index (χ1n) is 4.97. The number of rotatable bonds is 3. The normalized spacial score (nSPS) is 10.9. The Morgan fingerprint density at radius 2 is 1.80 bits per heavy atom. The standard InChI is InChI=1S/C13H16O2/c1-9-7-10(2)12(11(3)8-9)5-4-6-13(14)15/h4,6-8H,5H2,1-3H3,(H,14,15)/b6-4+. The van der Waals surface area contributed by atoms with Crippen molar-refractivity contribution in [2.24, 2.45) is 0 Å². The van der Waals surface area contributed by atoms with Crippen molar-refractivity contribution in [2.75, 3.05) is 0 Å². The molecular formula is C13H16O2. The highest BCUT2D eigenvalue weighted by molar-refractivity contribution is 5.79. The van der Waals surface area contributed by atoms with Gasteiger partial charge in [0.2, 0.25) is 0 Å². The SMILES string of the molecule is Cc1cc(C)c(C/C=C/C(=O)O)c(C)c1. The van der Waals surface area contributed by atoms with Gasteiger partial charge in [-0.2, -0.15) is 0 Å². The summed E-state index contributed by atoms with van der Waals surface area (Å²) in [5, 5.41) is 8.49. The summed E-state index contributed by atoms with van der Waals surface area (Å²) in [4.78, 5) is 10.3. The minimum atomic E-state index is -0.891. The first-order chi connectivity index (χ1) is 7.00. The van der Waals surface area contributed by atoms with Gasteiger partial charge in [0.15, 0.2) is 0 Å². The maximum absolute atomic E-state index is 10.3. The molecule has 0 atom stereocenters. The summed E-state index contributed by atoms with van der Waals surface area (Å²) in [6.07, 6.45) is 3.57. The van der Waals surface area contributed by atoms with Crippen molar-refractivity contribution in [1.82, 2.24) is 0 Å². The molecular weight excluding hydrogens is 188 g/mol. The van der Waals surface area contributed by atoms with Gasteiger partial charge < -0.3 is 5.11 Å². The fourth-order valence-electron chi connectivity index (χ4n) is 1.81. The van der Waals surface area contributed by atoms with Crippen LogP contribution in [0.15, 0.2) is 24.3 Å². The average Bonchev–Trinajstić information content (AvgIpc) is 2.08. The summed E-state index contributed by atoms with van der Waals surface area (Å²) in [5.74, 6) is -0.891. The predicted octanol–water partition coefficient (Wildman–Crippen LogP) is 2.80. The summed E-state index contributed by atoms with van der Waals surface area (Å²) in [5.41, 5.74) is 4.92. The first kappa shape index (κ1) is 11.5. The molecule has 0 saturated heterocycles. The van der Waals surface area contributed by atoms with Crippen molar-refractivity contribution in [2.45, 2.75) is 27.2 Å². The van der Waals surface area contributed by atoms with E-state index in [2.05, 4.69) is 32.9 Å². The average molecular weight is 204 g/mol. The van der Waals surface area contributed by atoms with E-state index < -0.39 is 5.97 Å². The zero-order valence-corrected chi connectivity index (χ0v) is 9.37. The maximum atomic E-state index is 10.3. The zero-order chi connectivity index (χ0) is 11.4. The fourth-order valence-corrected chi connectivity index (χ4v) is 1.81. The van der Waals surface area contributed by atoms with Crippen molar-refractivity contribution in [3.8, 4) is 0 Å². The zero-order valence-electron chi connectivity index (χ0n) is 9.37. The van der Waals surface area contributed by atoms with Crippen LogP contribution < -0.4 is 0 Å². The highest BCUT2D eigenvalue weighted by Crippen LogP contribution is 2.17. The molecule has 0 saturated carbocycles. The minimum absolute atomic E-state index is 0.685. The van der Waals surface area contributed by atoms with Crippen LogP contribution in [0.1, 0.15) is 22.3 Å². The Morgan fingerprint density at radius 3 is 2.27 bits per heavy atom. The lowest BCUT2D eigenvalue weighted by molar-refractivity contribution is -0.131. The third-order valence-electron chi connectivity index (χ3n) is 2.42. The quantitative estimate of drug-likeness (QED) is 0.769. The number of aliphatic carboxylic acids is 1. The Balaban J connectivity index is 2.90. The number of carboxylic acids is 1. The Bertz CT molecular complexity index is 380. The number of carbonyl (C=O) groups is 1. The summed E-state index contributed by atoms with van der Waals surface area (Å²) in [6.45, 7) is 6.19. The second kappa shape index (κ2) is 4.78. The molecule has 0 aliphatic heterocycles. The molecule has 0 amide bonds. The molecule has 0 aromatic heterocycles. The van der Waals surface area contributed by atoms with Crippen molar-refractivity contribution >= 4 is 5.97 Å². The lowest BCUT2D eigenvalue weighted by atomic mass is 9.97. The third kappa shape index (κ3) is 3.24. The topological polar surface area (TPSA) is 37.3 Å². The Kier molecular flexibility index (Phi) is 3.67. The van der Waals surface area contributed by atoms with E-state index in [9.17, 15) is 4.79 Å². The van der Waals surface area contributed by atoms with E-state index in [0.717, 1.165) is 0 Å². The summed E-state index contributed by atoms with van der Waals surface area (Å²) in [7, 11) is 0. The molecule has 0 fully saturated rings. The van der Waals surface area contributed by atoms with Gasteiger partial charge in [-0.3, -0.25) is 0 Å². The van der Waals surface area contributed by atoms with Gasteiger partial charge in [0.1, 0.15) is 0 Å². The molecule has 1 aromatic rings. The van der Waals surface area contributed by atoms with Gasteiger partial charge in [0.05, 0.1) is 0 Å². The molecule has 15 heavy (non-hydrogen) atoms. The van der Waals surface area contributed by atoms with Gasteiger partial charge in [0.25, 0.3) is 0 Å². The smallest absolute Gasteiger partial charge is 0.327 e. The highest BCUT2D eigenvalue weighted by atomic mass is 16.4. The van der Waals surface area contributed by atoms with E-state index in [1.807, 2.05) is 0 Å². The van der Waals surface area contributed by atoms with Crippen molar-refractivity contribution in [1.29, 1.82) is 0 Å². The van der Waals surface area contributed by atoms with Gasteiger partial charge in [-0.05, 0) is 43.9 Å². The second-order valence-electron chi connectivity index (χ2n) is 3.82. The van der Waals surface area contributed by atoms with Gasteiger partial charge in [-0.15, -0.1) is 0 Å². The molecule has 1 rings (SSSR count). The molecule has 0 aliphatic rings. The largest absolute Gasteiger partial charge is 0.478 e. The van der Waals surface area contributed by atoms with E-state index in [1.165, 1.54) is 28.3 Å². The van der Waals surface area contributed by atoms with Crippen LogP contribution in [-0.2, 0) is 11.2 Å². The van der Waals surface area contributed by atoms with Gasteiger partial charge in [-0.25, -0.2) is 4.79 Å². The van der Waals surface area contributed by atoms with Crippen LogP contribution >= 0.6 is 0 Å². The van der Waals surface area contributed by atoms with Crippen LogP contribution in [0.3, 0.4) is 0 Å². The number of allylic oxidation sites excluding steroid dienone is 1. The molecule has 80 valence electrons. The summed E-state index contributed by atoms with van der Waals surface area (Å²) in [6, 6.07) is 4.24. The number of hydrogen-bond acceptors (Lipinski definition) is 1. The minimum Gasteiger partial charge on any atom is -0.478 e. The molecule has 1 N–H and O–H groups in total. The van der Waals surface area contributed by atoms with Crippen LogP contribution in [0.25, 0.3) is 0 Å². The van der Waals surface area contributed by atoms with Crippen LogP contribution in [0, 0.1) is 20.8 Å². The molecule has 0 bridgehead atoms. The first-order valence-corrected chi connectivity index (χ1v) is 4.97. The van der Waals surface area contributed by atoms with E-state index in [0.29, 0.717) is 6.42 Å². The van der Waals surface area contributed by atoms with Crippen molar-refractivity contribution in [3.63, 3.8) is 0 Å². The van der Waals surface area contributed by atoms with Gasteiger partial charge in [-0.1, -0.05) is 23.8 Å². The van der Waals surface area contributed by atoms with Crippen LogP contribution in [-0.4, -0.2) is 11.1 Å². The maximum Gasteiger partial charge on any atom is 0.327 e. The van der Waals surface area contributed by atoms with Crippen molar-refractivity contribution in [3.05, 3.63) is 46.5 Å². The van der Waals surface area contributed by atoms with E-state index >= 15 is 0 Å². The number of hydrogen-bond donors (Lipinski definition) is 1. The Morgan fingerprint density at radius 1 is 1.27 bits per heavy atom. The third-order valence-corrected chi connectivity index (χ3v) is 2.42. The second-order valence-corrected chi connectivity index (χ2v) is 3.82. The summed E-state index contributed by atoms with van der Waals surface area (Å²) >= 11 is 0. The van der Waals surface area contributed by atoms with E-state index in [-0.39, 0.29) is 0 Å². The molecule has 0 heterocycles. The van der Waals surface area contributed by atoms with Gasteiger partial charge in [0, 0.05) is 6.08 Å². The van der Waals surface area contributed by atoms with Crippen LogP contribution in [0.2, 0.25) is 0 Å². The molecule has 2 nitrogen and oxygen atoms in total. The molecule has 0 radical (unpaired) electrons. The molecule has 0 spiro atoms.